The topological polar surface area (TPSA) is 68.1 Å². The first-order valence-corrected chi connectivity index (χ1v) is 7.12. The van der Waals surface area contributed by atoms with E-state index in [-0.39, 0.29) is 0 Å². The quantitative estimate of drug-likeness (QED) is 0.776. The van der Waals surface area contributed by atoms with Crippen molar-refractivity contribution < 1.29 is 9.53 Å². The minimum absolute atomic E-state index is 0.413. The summed E-state index contributed by atoms with van der Waals surface area (Å²) < 4.78 is 5.18. The Balaban J connectivity index is 2.00. The van der Waals surface area contributed by atoms with Gasteiger partial charge >= 0.3 is 0 Å². The highest BCUT2D eigenvalue weighted by Gasteiger charge is 2.11. The number of rotatable bonds is 4. The monoisotopic (exact) mass is 294 g/mol. The third kappa shape index (κ3) is 2.55. The zero-order valence-electron chi connectivity index (χ0n) is 12.6. The van der Waals surface area contributed by atoms with Crippen LogP contribution in [0.5, 0.6) is 5.75 Å². The van der Waals surface area contributed by atoms with Gasteiger partial charge in [0.05, 0.1) is 12.7 Å². The number of fused-ring (bicyclic) bond motifs is 1. The average molecular weight is 294 g/mol. The second kappa shape index (κ2) is 5.56. The number of methoxy groups -OCH3 is 1. The van der Waals surface area contributed by atoms with Crippen LogP contribution in [0.15, 0.2) is 42.6 Å². The standard InChI is InChI=1S/C18H18N2O2/c1-11-3-5-16-14(7-11)13(10-20-16)8-12-4-6-17(22-2)15(9-12)18(19)21/h3-7,9-10,20H,8H2,1-2H3,(H2,19,21). The first-order chi connectivity index (χ1) is 10.6. The number of carbonyl (C=O) groups is 1. The maximum absolute atomic E-state index is 11.5. The number of benzene rings is 2. The fraction of sp³-hybridized carbons (Fsp3) is 0.167. The number of nitrogens with one attached hydrogen (secondary N) is 1. The first-order valence-electron chi connectivity index (χ1n) is 7.12. The zero-order valence-corrected chi connectivity index (χ0v) is 12.6. The predicted octanol–water partition coefficient (Wildman–Crippen LogP) is 3.17. The molecule has 112 valence electrons. The van der Waals surface area contributed by atoms with Gasteiger partial charge in [-0.15, -0.1) is 0 Å². The number of aromatic amines is 1. The van der Waals surface area contributed by atoms with E-state index in [9.17, 15) is 4.79 Å². The molecule has 3 rings (SSSR count). The van der Waals surface area contributed by atoms with Crippen LogP contribution in [0.25, 0.3) is 10.9 Å². The lowest BCUT2D eigenvalue weighted by molar-refractivity contribution is 0.0997. The molecule has 0 aliphatic heterocycles. The molecule has 0 saturated heterocycles. The van der Waals surface area contributed by atoms with Crippen molar-refractivity contribution in [2.45, 2.75) is 13.3 Å². The van der Waals surface area contributed by atoms with Crippen LogP contribution in [0.3, 0.4) is 0 Å². The van der Waals surface area contributed by atoms with Crippen molar-refractivity contribution in [3.05, 3.63) is 64.8 Å². The highest BCUT2D eigenvalue weighted by molar-refractivity contribution is 5.96. The number of hydrogen-bond acceptors (Lipinski definition) is 2. The zero-order chi connectivity index (χ0) is 15.7. The molecule has 3 N–H and O–H groups in total. The lowest BCUT2D eigenvalue weighted by Gasteiger charge is -2.08. The van der Waals surface area contributed by atoms with E-state index in [1.54, 1.807) is 12.1 Å². The van der Waals surface area contributed by atoms with Gasteiger partial charge in [0.15, 0.2) is 0 Å². The normalized spacial score (nSPS) is 10.8. The SMILES string of the molecule is COc1ccc(Cc2c[nH]c3ccc(C)cc23)cc1C(N)=O. The Kier molecular flexibility index (Phi) is 3.59. The van der Waals surface area contributed by atoms with Gasteiger partial charge in [-0.05, 0) is 48.7 Å². The molecule has 1 aromatic heterocycles. The maximum Gasteiger partial charge on any atom is 0.252 e. The lowest BCUT2D eigenvalue weighted by Crippen LogP contribution is -2.13. The Morgan fingerprint density at radius 3 is 2.77 bits per heavy atom. The molecule has 0 radical (unpaired) electrons. The van der Waals surface area contributed by atoms with Gasteiger partial charge in [0.25, 0.3) is 5.91 Å². The smallest absolute Gasteiger partial charge is 0.252 e. The number of primary amides is 1. The van der Waals surface area contributed by atoms with Crippen LogP contribution in [0, 0.1) is 6.92 Å². The summed E-state index contributed by atoms with van der Waals surface area (Å²) in [6.45, 7) is 2.08. The van der Waals surface area contributed by atoms with Crippen molar-refractivity contribution in [1.29, 1.82) is 0 Å². The fourth-order valence-electron chi connectivity index (χ4n) is 2.72. The average Bonchev–Trinajstić information content (AvgIpc) is 2.89. The molecule has 1 amide bonds. The second-order valence-electron chi connectivity index (χ2n) is 5.44. The van der Waals surface area contributed by atoms with Crippen molar-refractivity contribution in [2.75, 3.05) is 7.11 Å². The molecule has 0 aliphatic rings. The molecule has 0 spiro atoms. The van der Waals surface area contributed by atoms with Gasteiger partial charge in [-0.25, -0.2) is 0 Å². The summed E-state index contributed by atoms with van der Waals surface area (Å²) in [5, 5.41) is 1.21. The molecule has 0 saturated carbocycles. The molecule has 0 fully saturated rings. The fourth-order valence-corrected chi connectivity index (χ4v) is 2.72. The van der Waals surface area contributed by atoms with Crippen LogP contribution in [0.2, 0.25) is 0 Å². The van der Waals surface area contributed by atoms with E-state index in [1.165, 1.54) is 23.6 Å². The molecule has 1 heterocycles. The van der Waals surface area contributed by atoms with Gasteiger partial charge < -0.3 is 15.5 Å². The molecule has 0 bridgehead atoms. The van der Waals surface area contributed by atoms with Crippen LogP contribution in [0.1, 0.15) is 27.0 Å². The summed E-state index contributed by atoms with van der Waals surface area (Å²) >= 11 is 0. The Hall–Kier alpha value is -2.75. The molecule has 2 aromatic carbocycles. The van der Waals surface area contributed by atoms with Crippen molar-refractivity contribution >= 4 is 16.8 Å². The van der Waals surface area contributed by atoms with Gasteiger partial charge in [-0.2, -0.15) is 0 Å². The molecule has 22 heavy (non-hydrogen) atoms. The Bertz CT molecular complexity index is 849. The summed E-state index contributed by atoms with van der Waals surface area (Å²) in [4.78, 5) is 14.8. The molecule has 4 nitrogen and oxygen atoms in total. The van der Waals surface area contributed by atoms with Gasteiger partial charge in [0.2, 0.25) is 0 Å². The van der Waals surface area contributed by atoms with E-state index in [1.807, 2.05) is 12.3 Å². The van der Waals surface area contributed by atoms with E-state index < -0.39 is 5.91 Å². The van der Waals surface area contributed by atoms with Gasteiger partial charge in [0.1, 0.15) is 5.75 Å². The maximum atomic E-state index is 11.5. The van der Waals surface area contributed by atoms with Crippen LogP contribution in [-0.4, -0.2) is 18.0 Å². The van der Waals surface area contributed by atoms with Crippen LogP contribution >= 0.6 is 0 Å². The number of aromatic nitrogens is 1. The third-order valence-corrected chi connectivity index (χ3v) is 3.85. The van der Waals surface area contributed by atoms with E-state index in [0.29, 0.717) is 11.3 Å². The Morgan fingerprint density at radius 2 is 2.05 bits per heavy atom. The molecule has 0 aliphatic carbocycles. The number of aryl methyl sites for hydroxylation is 1. The lowest BCUT2D eigenvalue weighted by atomic mass is 10.0. The first kappa shape index (κ1) is 14.2. The number of carbonyl (C=O) groups excluding carboxylic acids is 1. The predicted molar refractivity (Wildman–Crippen MR) is 87.4 cm³/mol. The summed E-state index contributed by atoms with van der Waals surface area (Å²) in [7, 11) is 1.53. The van der Waals surface area contributed by atoms with Gasteiger partial charge in [0, 0.05) is 17.1 Å². The molecule has 4 heteroatoms. The van der Waals surface area contributed by atoms with Crippen molar-refractivity contribution in [3.63, 3.8) is 0 Å². The van der Waals surface area contributed by atoms with E-state index in [2.05, 4.69) is 30.1 Å². The van der Waals surface area contributed by atoms with Gasteiger partial charge in [-0.3, -0.25) is 4.79 Å². The van der Waals surface area contributed by atoms with E-state index in [4.69, 9.17) is 10.5 Å². The molecule has 3 aromatic rings. The summed E-state index contributed by atoms with van der Waals surface area (Å²) in [5.41, 5.74) is 10.4. The van der Waals surface area contributed by atoms with Crippen molar-refractivity contribution in [1.82, 2.24) is 4.98 Å². The largest absolute Gasteiger partial charge is 0.496 e. The van der Waals surface area contributed by atoms with Gasteiger partial charge in [-0.1, -0.05) is 17.7 Å². The van der Waals surface area contributed by atoms with E-state index in [0.717, 1.165) is 17.5 Å². The molecule has 0 atom stereocenters. The molecule has 0 unspecified atom stereocenters. The number of ether oxygens (including phenoxy) is 1. The van der Waals surface area contributed by atoms with E-state index >= 15 is 0 Å². The highest BCUT2D eigenvalue weighted by Crippen LogP contribution is 2.25. The minimum atomic E-state index is -0.478. The summed E-state index contributed by atoms with van der Waals surface area (Å²) in [5.74, 6) is 0.0273. The molecular weight excluding hydrogens is 276 g/mol. The number of hydrogen-bond donors (Lipinski definition) is 2. The van der Waals surface area contributed by atoms with Crippen LogP contribution in [-0.2, 0) is 6.42 Å². The second-order valence-corrected chi connectivity index (χ2v) is 5.44. The van der Waals surface area contributed by atoms with Crippen molar-refractivity contribution in [2.24, 2.45) is 5.73 Å². The number of amides is 1. The summed E-state index contributed by atoms with van der Waals surface area (Å²) in [6.07, 6.45) is 2.74. The Labute approximate surface area is 128 Å². The minimum Gasteiger partial charge on any atom is -0.496 e. The number of nitrogens with two attached hydrogens (primary N) is 1. The third-order valence-electron chi connectivity index (χ3n) is 3.85. The highest BCUT2D eigenvalue weighted by atomic mass is 16.5. The Morgan fingerprint density at radius 1 is 1.23 bits per heavy atom. The van der Waals surface area contributed by atoms with Crippen molar-refractivity contribution in [3.8, 4) is 5.75 Å². The summed E-state index contributed by atoms with van der Waals surface area (Å²) in [6, 6.07) is 11.9. The van der Waals surface area contributed by atoms with Crippen LogP contribution in [0.4, 0.5) is 0 Å². The molecular formula is C18H18N2O2. The van der Waals surface area contributed by atoms with Crippen LogP contribution < -0.4 is 10.5 Å². The number of H-pyrrole nitrogens is 1.